The van der Waals surface area contributed by atoms with Crippen LogP contribution in [0.3, 0.4) is 0 Å². The highest BCUT2D eigenvalue weighted by Gasteiger charge is 2.26. The minimum atomic E-state index is -1.40. The molecule has 1 aliphatic rings. The Hall–Kier alpha value is 0.537. The fourth-order valence-electron chi connectivity index (χ4n) is 2.10. The lowest BCUT2D eigenvalue weighted by Gasteiger charge is -2.28. The third-order valence-corrected chi connectivity index (χ3v) is 6.34. The number of hydrogen-bond acceptors (Lipinski definition) is 0. The standard InChI is InChI=1S/C10H18Cl2Si/c1-2-3-5-9-6-4-7-10(8-9)13(11)12/h2-3,9-10,13H,4-8H2,1H3. The fourth-order valence-corrected chi connectivity index (χ4v) is 4.56. The van der Waals surface area contributed by atoms with Crippen molar-refractivity contribution in [3.8, 4) is 0 Å². The molecule has 0 saturated heterocycles. The highest BCUT2D eigenvalue weighted by atomic mass is 35.7. The molecule has 0 aromatic carbocycles. The van der Waals surface area contributed by atoms with Crippen molar-refractivity contribution in [1.82, 2.24) is 0 Å². The summed E-state index contributed by atoms with van der Waals surface area (Å²) in [6.45, 7) is 2.08. The Morgan fingerprint density at radius 1 is 1.38 bits per heavy atom. The van der Waals surface area contributed by atoms with Crippen LogP contribution in [-0.2, 0) is 0 Å². The Balaban J connectivity index is 2.33. The van der Waals surface area contributed by atoms with E-state index in [1.807, 2.05) is 0 Å². The smallest absolute Gasteiger partial charge is 0.150 e. The molecule has 1 aliphatic carbocycles. The van der Waals surface area contributed by atoms with E-state index in [0.717, 1.165) is 5.92 Å². The summed E-state index contributed by atoms with van der Waals surface area (Å²) in [5.74, 6) is 0.849. The van der Waals surface area contributed by atoms with Crippen LogP contribution in [0, 0.1) is 5.92 Å². The maximum atomic E-state index is 6.04. The normalized spacial score (nSPS) is 30.2. The van der Waals surface area contributed by atoms with Gasteiger partial charge in [-0.15, -0.1) is 0 Å². The summed E-state index contributed by atoms with van der Waals surface area (Å²) in [4.78, 5) is 0. The van der Waals surface area contributed by atoms with Crippen molar-refractivity contribution in [3.63, 3.8) is 0 Å². The summed E-state index contributed by atoms with van der Waals surface area (Å²) >= 11 is 12.1. The maximum Gasteiger partial charge on any atom is 0.240 e. The van der Waals surface area contributed by atoms with Gasteiger partial charge in [0, 0.05) is 0 Å². The van der Waals surface area contributed by atoms with Gasteiger partial charge in [-0.25, -0.2) is 0 Å². The van der Waals surface area contributed by atoms with Gasteiger partial charge in [0.15, 0.2) is 0 Å². The predicted octanol–water partition coefficient (Wildman–Crippen LogP) is 4.21. The quantitative estimate of drug-likeness (QED) is 0.392. The van der Waals surface area contributed by atoms with E-state index in [0.29, 0.717) is 5.54 Å². The molecule has 0 amide bonds. The van der Waals surface area contributed by atoms with Crippen molar-refractivity contribution in [2.45, 2.75) is 44.6 Å². The summed E-state index contributed by atoms with van der Waals surface area (Å²) < 4.78 is 0. The molecule has 0 nitrogen and oxygen atoms in total. The Kier molecular flexibility index (Phi) is 5.45. The maximum absolute atomic E-state index is 6.04. The van der Waals surface area contributed by atoms with Gasteiger partial charge in [0.1, 0.15) is 0 Å². The molecule has 0 aliphatic heterocycles. The third kappa shape index (κ3) is 4.05. The van der Waals surface area contributed by atoms with Gasteiger partial charge in [-0.3, -0.25) is 0 Å². The van der Waals surface area contributed by atoms with Gasteiger partial charge in [0.2, 0.25) is 7.42 Å². The van der Waals surface area contributed by atoms with Crippen molar-refractivity contribution < 1.29 is 0 Å². The van der Waals surface area contributed by atoms with Gasteiger partial charge >= 0.3 is 0 Å². The number of hydrogen-bond donors (Lipinski definition) is 0. The molecule has 76 valence electrons. The van der Waals surface area contributed by atoms with Crippen molar-refractivity contribution in [2.75, 3.05) is 0 Å². The molecule has 0 N–H and O–H groups in total. The largest absolute Gasteiger partial charge is 0.240 e. The van der Waals surface area contributed by atoms with Crippen LogP contribution in [0.5, 0.6) is 0 Å². The van der Waals surface area contributed by atoms with Crippen LogP contribution in [0.4, 0.5) is 0 Å². The first-order valence-electron chi connectivity index (χ1n) is 5.13. The van der Waals surface area contributed by atoms with Gasteiger partial charge in [-0.1, -0.05) is 31.4 Å². The van der Waals surface area contributed by atoms with Crippen LogP contribution < -0.4 is 0 Å². The van der Waals surface area contributed by atoms with Gasteiger partial charge < -0.3 is 0 Å². The van der Waals surface area contributed by atoms with Crippen LogP contribution >= 0.6 is 22.2 Å². The minimum absolute atomic E-state index is 0.673. The first-order valence-corrected chi connectivity index (χ1v) is 9.29. The lowest BCUT2D eigenvalue weighted by atomic mass is 9.86. The summed E-state index contributed by atoms with van der Waals surface area (Å²) in [5.41, 5.74) is 0.673. The molecule has 0 aromatic rings. The number of allylic oxidation sites excluding steroid dienone is 2. The molecule has 0 aromatic heterocycles. The van der Waals surface area contributed by atoms with Crippen molar-refractivity contribution in [3.05, 3.63) is 12.2 Å². The lowest BCUT2D eigenvalue weighted by molar-refractivity contribution is 0.360. The van der Waals surface area contributed by atoms with E-state index in [1.54, 1.807) is 0 Å². The van der Waals surface area contributed by atoms with Gasteiger partial charge in [0.25, 0.3) is 0 Å². The highest BCUT2D eigenvalue weighted by molar-refractivity contribution is 7.34. The highest BCUT2D eigenvalue weighted by Crippen LogP contribution is 2.38. The summed E-state index contributed by atoms with van der Waals surface area (Å²) in [6, 6.07) is 0. The lowest BCUT2D eigenvalue weighted by Crippen LogP contribution is -2.17. The molecule has 0 spiro atoms. The van der Waals surface area contributed by atoms with Gasteiger partial charge in [-0.2, -0.15) is 22.2 Å². The van der Waals surface area contributed by atoms with Gasteiger partial charge in [0.05, 0.1) is 0 Å². The third-order valence-electron chi connectivity index (χ3n) is 2.88. The molecular weight excluding hydrogens is 219 g/mol. The van der Waals surface area contributed by atoms with E-state index in [9.17, 15) is 0 Å². The molecular formula is C10H18Cl2Si. The van der Waals surface area contributed by atoms with E-state index in [2.05, 4.69) is 19.1 Å². The minimum Gasteiger partial charge on any atom is -0.150 e. The van der Waals surface area contributed by atoms with Crippen LogP contribution in [-0.4, -0.2) is 7.42 Å². The topological polar surface area (TPSA) is 0 Å². The number of rotatable bonds is 3. The first kappa shape index (κ1) is 11.6. The Bertz CT molecular complexity index is 168. The molecule has 1 saturated carbocycles. The average molecular weight is 237 g/mol. The van der Waals surface area contributed by atoms with Crippen molar-refractivity contribution in [1.29, 1.82) is 0 Å². The zero-order valence-corrected chi connectivity index (χ0v) is 10.8. The second kappa shape index (κ2) is 6.10. The Labute approximate surface area is 92.3 Å². The molecule has 3 heteroatoms. The van der Waals surface area contributed by atoms with E-state index in [4.69, 9.17) is 22.2 Å². The Morgan fingerprint density at radius 2 is 2.15 bits per heavy atom. The second-order valence-corrected chi connectivity index (χ2v) is 9.03. The summed E-state index contributed by atoms with van der Waals surface area (Å²) in [7, 11) is -1.40. The Morgan fingerprint density at radius 3 is 2.77 bits per heavy atom. The van der Waals surface area contributed by atoms with E-state index in [-0.39, 0.29) is 0 Å². The molecule has 0 radical (unpaired) electrons. The summed E-state index contributed by atoms with van der Waals surface area (Å²) in [5, 5.41) is 0. The molecule has 2 atom stereocenters. The van der Waals surface area contributed by atoms with E-state index >= 15 is 0 Å². The van der Waals surface area contributed by atoms with E-state index < -0.39 is 7.42 Å². The molecule has 2 unspecified atom stereocenters. The van der Waals surface area contributed by atoms with Crippen molar-refractivity contribution in [2.24, 2.45) is 5.92 Å². The van der Waals surface area contributed by atoms with E-state index in [1.165, 1.54) is 32.1 Å². The predicted molar refractivity (Wildman–Crippen MR) is 64.0 cm³/mol. The van der Waals surface area contributed by atoms with Gasteiger partial charge in [-0.05, 0) is 31.2 Å². The van der Waals surface area contributed by atoms with Crippen LogP contribution in [0.15, 0.2) is 12.2 Å². The van der Waals surface area contributed by atoms with Crippen molar-refractivity contribution >= 4 is 29.6 Å². The molecule has 1 rings (SSSR count). The zero-order valence-electron chi connectivity index (χ0n) is 8.18. The molecule has 0 heterocycles. The second-order valence-electron chi connectivity index (χ2n) is 3.93. The molecule has 13 heavy (non-hydrogen) atoms. The SMILES string of the molecule is CC=CCC1CCCC([SiH](Cl)Cl)C1. The first-order chi connectivity index (χ1) is 6.24. The molecule has 0 bridgehead atoms. The fraction of sp³-hybridized carbons (Fsp3) is 0.800. The zero-order chi connectivity index (χ0) is 9.68. The molecule has 1 fully saturated rings. The van der Waals surface area contributed by atoms with Crippen LogP contribution in [0.2, 0.25) is 5.54 Å². The van der Waals surface area contributed by atoms with Crippen LogP contribution in [0.1, 0.15) is 39.0 Å². The number of halogens is 2. The van der Waals surface area contributed by atoms with Crippen LogP contribution in [0.25, 0.3) is 0 Å². The average Bonchev–Trinajstić information content (AvgIpc) is 2.15. The summed E-state index contributed by atoms with van der Waals surface area (Å²) in [6.07, 6.45) is 10.9. The monoisotopic (exact) mass is 236 g/mol.